The number of nitrogens with one attached hydrogen (secondary N) is 1. The zero-order chi connectivity index (χ0) is 13.2. The average molecular weight is 256 g/mol. The van der Waals surface area contributed by atoms with Gasteiger partial charge in [-0.05, 0) is 52.0 Å². The second-order valence-corrected chi connectivity index (χ2v) is 5.46. The Morgan fingerprint density at radius 3 is 2.79 bits per heavy atom. The Balaban J connectivity index is 1.86. The van der Waals surface area contributed by atoms with Gasteiger partial charge in [0.25, 0.3) is 0 Å². The molecule has 1 aromatic heterocycles. The summed E-state index contributed by atoms with van der Waals surface area (Å²) in [6.07, 6.45) is 4.00. The maximum absolute atomic E-state index is 4.43. The number of benzene rings is 1. The minimum Gasteiger partial charge on any atom is -0.367 e. The number of fused-ring (bicyclic) bond motifs is 1. The number of likely N-dealkylation sites (tertiary alicyclic amines) is 1. The molecule has 0 radical (unpaired) electrons. The van der Waals surface area contributed by atoms with E-state index in [4.69, 9.17) is 0 Å². The summed E-state index contributed by atoms with van der Waals surface area (Å²) in [5.74, 6) is 0.975. The number of aromatic nitrogens is 2. The van der Waals surface area contributed by atoms with Gasteiger partial charge in [0.15, 0.2) is 0 Å². The molecule has 2 heterocycles. The van der Waals surface area contributed by atoms with Crippen molar-refractivity contribution in [2.75, 3.05) is 25.5 Å². The van der Waals surface area contributed by atoms with E-state index in [2.05, 4.69) is 52.4 Å². The predicted molar refractivity (Wildman–Crippen MR) is 78.4 cm³/mol. The van der Waals surface area contributed by atoms with Crippen molar-refractivity contribution in [3.8, 4) is 0 Å². The van der Waals surface area contributed by atoms with Gasteiger partial charge in [-0.25, -0.2) is 9.97 Å². The molecule has 0 atom stereocenters. The third kappa shape index (κ3) is 2.68. The van der Waals surface area contributed by atoms with E-state index in [1.54, 1.807) is 6.33 Å². The molecular weight excluding hydrogens is 236 g/mol. The highest BCUT2D eigenvalue weighted by Gasteiger charge is 2.17. The van der Waals surface area contributed by atoms with Crippen LogP contribution < -0.4 is 5.32 Å². The molecule has 100 valence electrons. The lowest BCUT2D eigenvalue weighted by Crippen LogP contribution is -2.36. The molecule has 0 amide bonds. The van der Waals surface area contributed by atoms with Crippen LogP contribution in [0, 0.1) is 6.92 Å². The number of piperidine rings is 1. The van der Waals surface area contributed by atoms with Crippen molar-refractivity contribution in [2.24, 2.45) is 0 Å². The third-order valence-corrected chi connectivity index (χ3v) is 3.85. The summed E-state index contributed by atoms with van der Waals surface area (Å²) < 4.78 is 0. The SMILES string of the molecule is Cc1ccc2ncnc(NC3CCN(C)CC3)c2c1. The van der Waals surface area contributed by atoms with Crippen LogP contribution in [0.2, 0.25) is 0 Å². The predicted octanol–water partition coefficient (Wildman–Crippen LogP) is 2.44. The molecule has 4 nitrogen and oxygen atoms in total. The van der Waals surface area contributed by atoms with Crippen LogP contribution in [0.25, 0.3) is 10.9 Å². The van der Waals surface area contributed by atoms with Crippen LogP contribution in [-0.2, 0) is 0 Å². The van der Waals surface area contributed by atoms with Crippen LogP contribution in [0.1, 0.15) is 18.4 Å². The summed E-state index contributed by atoms with van der Waals surface area (Å²) >= 11 is 0. The number of aryl methyl sites for hydroxylation is 1. The quantitative estimate of drug-likeness (QED) is 0.896. The molecule has 1 aliphatic rings. The van der Waals surface area contributed by atoms with Crippen LogP contribution in [0.15, 0.2) is 24.5 Å². The first-order valence-electron chi connectivity index (χ1n) is 6.89. The van der Waals surface area contributed by atoms with Crippen LogP contribution in [0.3, 0.4) is 0 Å². The van der Waals surface area contributed by atoms with Gasteiger partial charge in [0.1, 0.15) is 12.1 Å². The van der Waals surface area contributed by atoms with E-state index < -0.39 is 0 Å². The molecule has 1 fully saturated rings. The van der Waals surface area contributed by atoms with Crippen LogP contribution >= 0.6 is 0 Å². The zero-order valence-corrected chi connectivity index (χ0v) is 11.6. The van der Waals surface area contributed by atoms with E-state index in [1.165, 1.54) is 18.4 Å². The lowest BCUT2D eigenvalue weighted by Gasteiger charge is -2.30. The second kappa shape index (κ2) is 5.13. The van der Waals surface area contributed by atoms with Gasteiger partial charge >= 0.3 is 0 Å². The van der Waals surface area contributed by atoms with Gasteiger partial charge in [-0.1, -0.05) is 11.6 Å². The van der Waals surface area contributed by atoms with E-state index in [0.717, 1.165) is 29.8 Å². The third-order valence-electron chi connectivity index (χ3n) is 3.85. The Bertz CT molecular complexity index is 573. The Hall–Kier alpha value is -1.68. The van der Waals surface area contributed by atoms with E-state index in [0.29, 0.717) is 6.04 Å². The summed E-state index contributed by atoms with van der Waals surface area (Å²) in [5, 5.41) is 4.72. The van der Waals surface area contributed by atoms with Gasteiger partial charge in [-0.15, -0.1) is 0 Å². The molecule has 2 aromatic rings. The van der Waals surface area contributed by atoms with Crippen molar-refractivity contribution >= 4 is 16.7 Å². The normalized spacial score (nSPS) is 17.8. The first kappa shape index (κ1) is 12.4. The van der Waals surface area contributed by atoms with Crippen molar-refractivity contribution < 1.29 is 0 Å². The standard InChI is InChI=1S/C15H20N4/c1-11-3-4-14-13(9-11)15(17-10-16-14)18-12-5-7-19(2)8-6-12/h3-4,9-10,12H,5-8H2,1-2H3,(H,16,17,18). The average Bonchev–Trinajstić information content (AvgIpc) is 2.42. The zero-order valence-electron chi connectivity index (χ0n) is 11.6. The molecule has 3 rings (SSSR count). The Labute approximate surface area is 113 Å². The molecule has 0 bridgehead atoms. The smallest absolute Gasteiger partial charge is 0.137 e. The number of nitrogens with zero attached hydrogens (tertiary/aromatic N) is 3. The second-order valence-electron chi connectivity index (χ2n) is 5.46. The van der Waals surface area contributed by atoms with Gasteiger partial charge in [-0.2, -0.15) is 0 Å². The monoisotopic (exact) mass is 256 g/mol. The molecule has 1 saturated heterocycles. The summed E-state index contributed by atoms with van der Waals surface area (Å²) in [4.78, 5) is 11.1. The van der Waals surface area contributed by atoms with Crippen LogP contribution in [-0.4, -0.2) is 41.0 Å². The maximum atomic E-state index is 4.43. The summed E-state index contributed by atoms with van der Waals surface area (Å²) in [6, 6.07) is 6.84. The van der Waals surface area contributed by atoms with Crippen LogP contribution in [0.5, 0.6) is 0 Å². The van der Waals surface area contributed by atoms with E-state index in [9.17, 15) is 0 Å². The minimum atomic E-state index is 0.523. The van der Waals surface area contributed by atoms with Crippen molar-refractivity contribution in [2.45, 2.75) is 25.8 Å². The van der Waals surface area contributed by atoms with Crippen molar-refractivity contribution in [3.63, 3.8) is 0 Å². The fraction of sp³-hybridized carbons (Fsp3) is 0.467. The largest absolute Gasteiger partial charge is 0.367 e. The lowest BCUT2D eigenvalue weighted by atomic mass is 10.1. The molecule has 4 heteroatoms. The summed E-state index contributed by atoms with van der Waals surface area (Å²) in [5.41, 5.74) is 2.25. The molecule has 1 aliphatic heterocycles. The van der Waals surface area contributed by atoms with Gasteiger partial charge in [0, 0.05) is 11.4 Å². The minimum absolute atomic E-state index is 0.523. The number of hydrogen-bond acceptors (Lipinski definition) is 4. The maximum Gasteiger partial charge on any atom is 0.137 e. The van der Waals surface area contributed by atoms with Gasteiger partial charge in [-0.3, -0.25) is 0 Å². The molecule has 19 heavy (non-hydrogen) atoms. The van der Waals surface area contributed by atoms with Crippen molar-refractivity contribution in [1.29, 1.82) is 0 Å². The molecule has 0 aliphatic carbocycles. The Morgan fingerprint density at radius 1 is 1.21 bits per heavy atom. The number of hydrogen-bond donors (Lipinski definition) is 1. The fourth-order valence-electron chi connectivity index (χ4n) is 2.63. The van der Waals surface area contributed by atoms with Gasteiger partial charge < -0.3 is 10.2 Å². The highest BCUT2D eigenvalue weighted by atomic mass is 15.1. The van der Waals surface area contributed by atoms with E-state index >= 15 is 0 Å². The number of rotatable bonds is 2. The Morgan fingerprint density at radius 2 is 2.00 bits per heavy atom. The van der Waals surface area contributed by atoms with E-state index in [-0.39, 0.29) is 0 Å². The molecule has 1 N–H and O–H groups in total. The number of anilines is 1. The van der Waals surface area contributed by atoms with Crippen molar-refractivity contribution in [1.82, 2.24) is 14.9 Å². The highest BCUT2D eigenvalue weighted by Crippen LogP contribution is 2.23. The van der Waals surface area contributed by atoms with Crippen molar-refractivity contribution in [3.05, 3.63) is 30.1 Å². The first-order chi connectivity index (χ1) is 9.22. The highest BCUT2D eigenvalue weighted by molar-refractivity contribution is 5.89. The summed E-state index contributed by atoms with van der Waals surface area (Å²) in [7, 11) is 2.18. The molecule has 0 saturated carbocycles. The lowest BCUT2D eigenvalue weighted by molar-refractivity contribution is 0.264. The fourth-order valence-corrected chi connectivity index (χ4v) is 2.63. The molecule has 0 unspecified atom stereocenters. The topological polar surface area (TPSA) is 41.1 Å². The van der Waals surface area contributed by atoms with Crippen LogP contribution in [0.4, 0.5) is 5.82 Å². The Kier molecular flexibility index (Phi) is 3.34. The molecule has 1 aromatic carbocycles. The van der Waals surface area contributed by atoms with Gasteiger partial charge in [0.2, 0.25) is 0 Å². The van der Waals surface area contributed by atoms with Gasteiger partial charge in [0.05, 0.1) is 5.52 Å². The first-order valence-corrected chi connectivity index (χ1v) is 6.89. The summed E-state index contributed by atoms with van der Waals surface area (Å²) in [6.45, 7) is 4.41. The molecular formula is C15H20N4. The van der Waals surface area contributed by atoms with E-state index in [1.807, 2.05) is 0 Å². The molecule has 0 spiro atoms.